The number of likely N-dealkylation sites (tertiary alicyclic amines) is 2. The van der Waals surface area contributed by atoms with Crippen molar-refractivity contribution in [1.82, 2.24) is 9.80 Å². The van der Waals surface area contributed by atoms with Crippen molar-refractivity contribution in [3.05, 3.63) is 58.7 Å². The second-order valence-corrected chi connectivity index (χ2v) is 14.1. The molecule has 0 unspecified atom stereocenters. The van der Waals surface area contributed by atoms with Crippen molar-refractivity contribution in [1.29, 1.82) is 0 Å². The fourth-order valence-corrected chi connectivity index (χ4v) is 10.6. The molecule has 2 aromatic carbocycles. The fraction of sp³-hybridized carbons (Fsp3) is 0.667. The van der Waals surface area contributed by atoms with E-state index in [4.69, 9.17) is 9.47 Å². The molecule has 2 saturated heterocycles. The van der Waals surface area contributed by atoms with Crippen LogP contribution in [0.1, 0.15) is 86.5 Å². The zero-order valence-corrected chi connectivity index (χ0v) is 25.4. The van der Waals surface area contributed by atoms with Gasteiger partial charge in [-0.15, -0.1) is 0 Å². The minimum absolute atomic E-state index is 0.456. The van der Waals surface area contributed by atoms with Crippen LogP contribution in [0.15, 0.2) is 36.4 Å². The predicted molar refractivity (Wildman–Crippen MR) is 163 cm³/mol. The lowest BCUT2D eigenvalue weighted by Crippen LogP contribution is -2.59. The maximum absolute atomic E-state index is 5.51. The first kappa shape index (κ1) is 26.8. The van der Waals surface area contributed by atoms with Crippen LogP contribution in [0, 0.1) is 11.8 Å². The molecule has 4 aliphatic carbocycles. The molecule has 8 rings (SSSR count). The van der Waals surface area contributed by atoms with E-state index < -0.39 is 0 Å². The van der Waals surface area contributed by atoms with Gasteiger partial charge in [-0.2, -0.15) is 0 Å². The minimum atomic E-state index is 0.456. The summed E-state index contributed by atoms with van der Waals surface area (Å²) in [5.74, 6) is 3.82. The average molecular weight is 543 g/mol. The number of methoxy groups -OCH3 is 2. The van der Waals surface area contributed by atoms with Gasteiger partial charge in [-0.05, 0) is 137 Å². The first-order valence-corrected chi connectivity index (χ1v) is 16.2. The molecule has 4 nitrogen and oxygen atoms in total. The van der Waals surface area contributed by atoms with E-state index in [9.17, 15) is 0 Å². The van der Waals surface area contributed by atoms with Crippen LogP contribution in [-0.2, 0) is 23.7 Å². The molecule has 2 saturated carbocycles. The second-order valence-electron chi connectivity index (χ2n) is 14.1. The molecule has 6 atom stereocenters. The highest BCUT2D eigenvalue weighted by atomic mass is 16.5. The molecule has 2 heterocycles. The summed E-state index contributed by atoms with van der Waals surface area (Å²) in [5.41, 5.74) is 7.34. The number of ether oxygens (including phenoxy) is 2. The Morgan fingerprint density at radius 2 is 1.07 bits per heavy atom. The molecule has 0 aromatic heterocycles. The van der Waals surface area contributed by atoms with E-state index in [2.05, 4.69) is 60.3 Å². The molecule has 216 valence electrons. The van der Waals surface area contributed by atoms with Gasteiger partial charge in [-0.3, -0.25) is 0 Å². The molecular weight excluding hydrogens is 492 g/mol. The quantitative estimate of drug-likeness (QED) is 0.418. The van der Waals surface area contributed by atoms with Gasteiger partial charge in [0.15, 0.2) is 0 Å². The van der Waals surface area contributed by atoms with Crippen LogP contribution >= 0.6 is 0 Å². The molecule has 0 N–H and O–H groups in total. The van der Waals surface area contributed by atoms with Crippen molar-refractivity contribution in [2.75, 3.05) is 41.4 Å². The average Bonchev–Trinajstić information content (AvgIpc) is 3.00. The molecule has 4 bridgehead atoms. The van der Waals surface area contributed by atoms with Gasteiger partial charge in [-0.1, -0.05) is 37.8 Å². The molecular formula is C36H50N2O2. The van der Waals surface area contributed by atoms with Gasteiger partial charge in [0.05, 0.1) is 14.2 Å². The standard InChI is InChI=1S/2C18H25NO/c2*1-19-10-9-18-8-4-3-5-15(18)17(19)11-13-6-7-14(20-2)12-16(13)18/h2*6-7,12,15,17H,3-5,8-11H2,1-2H3/t2*15-,17+,18+/m10/s1. The van der Waals surface area contributed by atoms with Crippen molar-refractivity contribution in [2.45, 2.75) is 100.0 Å². The van der Waals surface area contributed by atoms with E-state index in [0.29, 0.717) is 10.8 Å². The Morgan fingerprint density at radius 3 is 1.50 bits per heavy atom. The van der Waals surface area contributed by atoms with Crippen molar-refractivity contribution in [2.24, 2.45) is 11.8 Å². The van der Waals surface area contributed by atoms with Gasteiger partial charge in [0.25, 0.3) is 0 Å². The number of rotatable bonds is 2. The number of hydrogen-bond acceptors (Lipinski definition) is 4. The number of piperidine rings is 2. The van der Waals surface area contributed by atoms with Crippen molar-refractivity contribution in [3.8, 4) is 11.5 Å². The topological polar surface area (TPSA) is 24.9 Å². The van der Waals surface area contributed by atoms with E-state index in [-0.39, 0.29) is 0 Å². The Balaban J connectivity index is 0.000000132. The lowest BCUT2D eigenvalue weighted by Gasteiger charge is -2.58. The summed E-state index contributed by atoms with van der Waals surface area (Å²) < 4.78 is 11.0. The first-order valence-electron chi connectivity index (χ1n) is 16.2. The minimum Gasteiger partial charge on any atom is -0.497 e. The Bertz CT molecular complexity index is 1150. The van der Waals surface area contributed by atoms with E-state index >= 15 is 0 Å². The van der Waals surface area contributed by atoms with Crippen molar-refractivity contribution < 1.29 is 9.47 Å². The number of likely N-dealkylation sites (N-methyl/N-ethyl adjacent to an activating group) is 2. The summed E-state index contributed by atoms with van der Waals surface area (Å²) in [5, 5.41) is 0. The molecule has 2 aliphatic heterocycles. The van der Waals surface area contributed by atoms with E-state index in [1.807, 2.05) is 0 Å². The Hall–Kier alpha value is -2.04. The molecule has 0 radical (unpaired) electrons. The summed E-state index contributed by atoms with van der Waals surface area (Å²) in [6, 6.07) is 15.2. The Labute approximate surface area is 242 Å². The molecule has 4 heteroatoms. The van der Waals surface area contributed by atoms with Gasteiger partial charge in [0, 0.05) is 22.9 Å². The zero-order chi connectivity index (χ0) is 27.5. The highest BCUT2D eigenvalue weighted by molar-refractivity contribution is 5.47. The zero-order valence-electron chi connectivity index (χ0n) is 25.4. The summed E-state index contributed by atoms with van der Waals surface area (Å²) in [6.07, 6.45) is 16.4. The third-order valence-corrected chi connectivity index (χ3v) is 12.6. The normalized spacial score (nSPS) is 36.1. The fourth-order valence-electron chi connectivity index (χ4n) is 10.6. The lowest BCUT2D eigenvalue weighted by molar-refractivity contribution is 0.00272. The maximum Gasteiger partial charge on any atom is 0.119 e. The molecule has 2 aromatic rings. The summed E-state index contributed by atoms with van der Waals surface area (Å²) in [4.78, 5) is 5.25. The lowest BCUT2D eigenvalue weighted by atomic mass is 9.52. The van der Waals surface area contributed by atoms with E-state index in [1.165, 1.54) is 90.1 Å². The number of hydrogen-bond donors (Lipinski definition) is 0. The van der Waals surface area contributed by atoms with Crippen LogP contribution in [0.25, 0.3) is 0 Å². The summed E-state index contributed by atoms with van der Waals surface area (Å²) >= 11 is 0. The van der Waals surface area contributed by atoms with Crippen LogP contribution in [-0.4, -0.2) is 63.3 Å². The molecule has 0 amide bonds. The predicted octanol–water partition coefficient (Wildman–Crippen LogP) is 6.77. The largest absolute Gasteiger partial charge is 0.497 e. The van der Waals surface area contributed by atoms with E-state index in [1.54, 1.807) is 36.5 Å². The van der Waals surface area contributed by atoms with Crippen molar-refractivity contribution >= 4 is 0 Å². The molecule has 40 heavy (non-hydrogen) atoms. The van der Waals surface area contributed by atoms with Crippen LogP contribution in [0.2, 0.25) is 0 Å². The van der Waals surface area contributed by atoms with Crippen LogP contribution in [0.5, 0.6) is 11.5 Å². The smallest absolute Gasteiger partial charge is 0.119 e. The van der Waals surface area contributed by atoms with Crippen LogP contribution in [0.4, 0.5) is 0 Å². The maximum atomic E-state index is 5.51. The number of nitrogens with zero attached hydrogens (tertiary/aromatic N) is 2. The van der Waals surface area contributed by atoms with E-state index in [0.717, 1.165) is 35.4 Å². The molecule has 0 spiro atoms. The molecule has 4 fully saturated rings. The van der Waals surface area contributed by atoms with Gasteiger partial charge in [-0.25, -0.2) is 0 Å². The van der Waals surface area contributed by atoms with Gasteiger partial charge in [0.1, 0.15) is 11.5 Å². The third kappa shape index (κ3) is 4.07. The highest BCUT2D eigenvalue weighted by Crippen LogP contribution is 2.57. The monoisotopic (exact) mass is 542 g/mol. The second kappa shape index (κ2) is 10.3. The van der Waals surface area contributed by atoms with Gasteiger partial charge < -0.3 is 19.3 Å². The van der Waals surface area contributed by atoms with Crippen molar-refractivity contribution in [3.63, 3.8) is 0 Å². The van der Waals surface area contributed by atoms with Crippen LogP contribution in [0.3, 0.4) is 0 Å². The van der Waals surface area contributed by atoms with Gasteiger partial charge in [0.2, 0.25) is 0 Å². The summed E-state index contributed by atoms with van der Waals surface area (Å²) in [6.45, 7) is 2.52. The first-order chi connectivity index (χ1) is 19.5. The Kier molecular flexibility index (Phi) is 6.94. The Morgan fingerprint density at radius 1 is 0.625 bits per heavy atom. The molecule has 6 aliphatic rings. The SMILES string of the molecule is COc1ccc2c(c1)[C@@]13CCCC[C@H]1[C@@H](C2)N(C)CC3.COc1ccc2c(c1)[C@]13CCCC[C@@H]1[C@H](C2)N(C)CC3. The number of fused-ring (bicyclic) bond motifs is 2. The summed E-state index contributed by atoms with van der Waals surface area (Å²) in [7, 11) is 8.24. The highest BCUT2D eigenvalue weighted by Gasteiger charge is 2.54. The van der Waals surface area contributed by atoms with Gasteiger partial charge >= 0.3 is 0 Å². The number of benzene rings is 2. The van der Waals surface area contributed by atoms with Crippen LogP contribution < -0.4 is 9.47 Å². The third-order valence-electron chi connectivity index (χ3n) is 12.6.